The van der Waals surface area contributed by atoms with E-state index in [0.29, 0.717) is 22.4 Å². The molecule has 0 bridgehead atoms. The predicted molar refractivity (Wildman–Crippen MR) is 85.1 cm³/mol. The van der Waals surface area contributed by atoms with E-state index >= 15 is 0 Å². The average Bonchev–Trinajstić information content (AvgIpc) is 2.86. The molecule has 21 heavy (non-hydrogen) atoms. The van der Waals surface area contributed by atoms with Crippen LogP contribution >= 0.6 is 23.4 Å². The molecule has 1 aromatic carbocycles. The molecule has 2 aromatic heterocycles. The van der Waals surface area contributed by atoms with Gasteiger partial charge in [0, 0.05) is 17.0 Å². The van der Waals surface area contributed by atoms with Crippen molar-refractivity contribution in [1.29, 1.82) is 0 Å². The zero-order valence-electron chi connectivity index (χ0n) is 11.2. The number of rotatable bonds is 4. The first-order valence-corrected chi connectivity index (χ1v) is 7.57. The lowest BCUT2D eigenvalue weighted by Gasteiger charge is -2.06. The van der Waals surface area contributed by atoms with Crippen molar-refractivity contribution >= 4 is 40.2 Å². The van der Waals surface area contributed by atoms with E-state index in [1.807, 2.05) is 31.3 Å². The van der Waals surface area contributed by atoms with Crippen LogP contribution in [0.2, 0.25) is 5.02 Å². The van der Waals surface area contributed by atoms with Crippen molar-refractivity contribution in [3.63, 3.8) is 0 Å². The minimum atomic E-state index is 0.579. The highest BCUT2D eigenvalue weighted by atomic mass is 35.5. The number of nitrogens with one attached hydrogen (secondary N) is 1. The minimum absolute atomic E-state index is 0.579. The van der Waals surface area contributed by atoms with Crippen LogP contribution in [-0.4, -0.2) is 19.7 Å². The maximum absolute atomic E-state index is 5.98. The topological polar surface area (TPSA) is 81.7 Å². The maximum Gasteiger partial charge on any atom is 0.163 e. The third-order valence-electron chi connectivity index (χ3n) is 2.94. The molecule has 108 valence electrons. The van der Waals surface area contributed by atoms with Crippen molar-refractivity contribution in [2.45, 2.75) is 10.6 Å². The summed E-state index contributed by atoms with van der Waals surface area (Å²) in [7, 11) is 1.84. The molecule has 0 radical (unpaired) electrons. The largest absolute Gasteiger partial charge is 0.308 e. The average molecular weight is 321 g/mol. The van der Waals surface area contributed by atoms with Crippen LogP contribution in [0.5, 0.6) is 0 Å². The van der Waals surface area contributed by atoms with Crippen molar-refractivity contribution in [3.8, 4) is 0 Å². The number of fused-ring (bicyclic) bond motifs is 1. The van der Waals surface area contributed by atoms with Gasteiger partial charge in [-0.1, -0.05) is 17.7 Å². The Kier molecular flexibility index (Phi) is 3.96. The molecule has 0 saturated carbocycles. The van der Waals surface area contributed by atoms with Gasteiger partial charge in [-0.3, -0.25) is 4.68 Å². The highest BCUT2D eigenvalue weighted by Gasteiger charge is 2.11. The molecular formula is C13H13ClN6S. The predicted octanol–water partition coefficient (Wildman–Crippen LogP) is 2.59. The van der Waals surface area contributed by atoms with E-state index in [-0.39, 0.29) is 0 Å². The number of nitrogens with zero attached hydrogens (tertiary/aromatic N) is 4. The third-order valence-corrected chi connectivity index (χ3v) is 4.16. The van der Waals surface area contributed by atoms with Crippen LogP contribution in [0.3, 0.4) is 0 Å². The van der Waals surface area contributed by atoms with Gasteiger partial charge in [-0.05, 0) is 18.2 Å². The number of aryl methyl sites for hydroxylation is 1. The molecule has 3 rings (SSSR count). The first-order chi connectivity index (χ1) is 10.2. The molecule has 3 aromatic rings. The Morgan fingerprint density at radius 2 is 2.24 bits per heavy atom. The van der Waals surface area contributed by atoms with Gasteiger partial charge in [-0.15, -0.1) is 11.8 Å². The molecule has 0 aliphatic heterocycles. The Labute approximate surface area is 130 Å². The van der Waals surface area contributed by atoms with Crippen LogP contribution in [0.4, 0.5) is 5.82 Å². The number of halogens is 1. The van der Waals surface area contributed by atoms with Gasteiger partial charge in [-0.2, -0.15) is 5.10 Å². The molecule has 0 amide bonds. The lowest BCUT2D eigenvalue weighted by Crippen LogP contribution is -2.11. The van der Waals surface area contributed by atoms with Gasteiger partial charge < -0.3 is 5.43 Å². The van der Waals surface area contributed by atoms with Gasteiger partial charge >= 0.3 is 0 Å². The lowest BCUT2D eigenvalue weighted by atomic mass is 10.4. The summed E-state index contributed by atoms with van der Waals surface area (Å²) in [5.41, 5.74) is 3.35. The number of nitrogen functional groups attached to an aromatic ring is 1. The second-order valence-corrected chi connectivity index (χ2v) is 5.87. The van der Waals surface area contributed by atoms with E-state index in [9.17, 15) is 0 Å². The van der Waals surface area contributed by atoms with Crippen molar-refractivity contribution in [3.05, 3.63) is 41.3 Å². The molecule has 0 aliphatic rings. The van der Waals surface area contributed by atoms with E-state index in [1.54, 1.807) is 22.6 Å². The number of hydrogen-bond acceptors (Lipinski definition) is 6. The van der Waals surface area contributed by atoms with E-state index < -0.39 is 0 Å². The van der Waals surface area contributed by atoms with Gasteiger partial charge in [0.25, 0.3) is 0 Å². The van der Waals surface area contributed by atoms with Crippen molar-refractivity contribution in [2.75, 3.05) is 5.43 Å². The summed E-state index contributed by atoms with van der Waals surface area (Å²) in [6.07, 6.45) is 1.69. The maximum atomic E-state index is 5.98. The fourth-order valence-electron chi connectivity index (χ4n) is 1.95. The number of anilines is 1. The van der Waals surface area contributed by atoms with Gasteiger partial charge in [-0.25, -0.2) is 15.8 Å². The Balaban J connectivity index is 1.88. The molecular weight excluding hydrogens is 308 g/mol. The van der Waals surface area contributed by atoms with Crippen LogP contribution in [0.25, 0.3) is 11.0 Å². The van der Waals surface area contributed by atoms with Gasteiger partial charge in [0.15, 0.2) is 11.5 Å². The highest BCUT2D eigenvalue weighted by molar-refractivity contribution is 7.98. The fraction of sp³-hybridized carbons (Fsp3) is 0.154. The number of aromatic nitrogens is 4. The molecule has 0 spiro atoms. The van der Waals surface area contributed by atoms with Crippen LogP contribution in [0.15, 0.2) is 35.4 Å². The Morgan fingerprint density at radius 3 is 3.00 bits per heavy atom. The number of hydrazine groups is 1. The molecule has 3 N–H and O–H groups in total. The summed E-state index contributed by atoms with van der Waals surface area (Å²) < 4.78 is 1.70. The summed E-state index contributed by atoms with van der Waals surface area (Å²) in [6.45, 7) is 0. The van der Waals surface area contributed by atoms with Crippen LogP contribution in [0.1, 0.15) is 5.82 Å². The molecule has 0 atom stereocenters. The second-order valence-electron chi connectivity index (χ2n) is 4.38. The normalized spacial score (nSPS) is 11.0. The lowest BCUT2D eigenvalue weighted by molar-refractivity contribution is 0.782. The number of thioether (sulfide) groups is 1. The van der Waals surface area contributed by atoms with Gasteiger partial charge in [0.2, 0.25) is 0 Å². The molecule has 8 heteroatoms. The summed E-state index contributed by atoms with van der Waals surface area (Å²) in [5.74, 6) is 7.40. The highest BCUT2D eigenvalue weighted by Crippen LogP contribution is 2.26. The van der Waals surface area contributed by atoms with Crippen LogP contribution in [-0.2, 0) is 12.8 Å². The van der Waals surface area contributed by atoms with Gasteiger partial charge in [0.05, 0.1) is 17.3 Å². The van der Waals surface area contributed by atoms with Gasteiger partial charge in [0.1, 0.15) is 5.82 Å². The van der Waals surface area contributed by atoms with E-state index in [0.717, 1.165) is 15.9 Å². The van der Waals surface area contributed by atoms with Crippen molar-refractivity contribution in [2.24, 2.45) is 12.9 Å². The summed E-state index contributed by atoms with van der Waals surface area (Å²) in [6, 6.07) is 7.68. The monoisotopic (exact) mass is 320 g/mol. The molecule has 0 saturated heterocycles. The quantitative estimate of drug-likeness (QED) is 0.437. The van der Waals surface area contributed by atoms with Crippen LogP contribution < -0.4 is 11.3 Å². The fourth-order valence-corrected chi connectivity index (χ4v) is 3.01. The zero-order valence-corrected chi connectivity index (χ0v) is 12.8. The Hall–Kier alpha value is -1.83. The Bertz CT molecular complexity index is 787. The van der Waals surface area contributed by atoms with Crippen molar-refractivity contribution in [1.82, 2.24) is 19.7 Å². The van der Waals surface area contributed by atoms with Crippen molar-refractivity contribution < 1.29 is 0 Å². The van der Waals surface area contributed by atoms with E-state index in [2.05, 4.69) is 20.5 Å². The summed E-state index contributed by atoms with van der Waals surface area (Å²) >= 11 is 7.59. The number of benzene rings is 1. The van der Waals surface area contributed by atoms with E-state index in [1.165, 1.54) is 0 Å². The molecule has 6 nitrogen and oxygen atoms in total. The first-order valence-electron chi connectivity index (χ1n) is 6.21. The van der Waals surface area contributed by atoms with E-state index in [4.69, 9.17) is 17.4 Å². The zero-order chi connectivity index (χ0) is 14.8. The molecule has 2 heterocycles. The number of nitrogens with two attached hydrogens (primary N) is 1. The third kappa shape index (κ3) is 2.94. The Morgan fingerprint density at radius 1 is 1.38 bits per heavy atom. The SMILES string of the molecule is Cn1ncc2c(NN)nc(CSc3cccc(Cl)c3)nc21. The molecule has 0 unspecified atom stereocenters. The minimum Gasteiger partial charge on any atom is -0.308 e. The summed E-state index contributed by atoms with van der Waals surface area (Å²) in [4.78, 5) is 10.0. The number of hydrogen-bond donors (Lipinski definition) is 2. The molecule has 0 aliphatic carbocycles. The summed E-state index contributed by atoms with van der Waals surface area (Å²) in [5, 5.41) is 5.69. The standard InChI is InChI=1S/C13H13ClN6S/c1-20-13-10(6-16-20)12(19-15)17-11(18-13)7-21-9-4-2-3-8(14)5-9/h2-6H,7,15H2,1H3,(H,17,18,19). The first kappa shape index (κ1) is 14.1. The molecule has 0 fully saturated rings. The second kappa shape index (κ2) is 5.88. The smallest absolute Gasteiger partial charge is 0.163 e. The van der Waals surface area contributed by atoms with Crippen LogP contribution in [0, 0.1) is 0 Å².